The van der Waals surface area contributed by atoms with E-state index < -0.39 is 0 Å². The van der Waals surface area contributed by atoms with Gasteiger partial charge in [-0.1, -0.05) is 30.3 Å². The molecule has 0 atom stereocenters. The third kappa shape index (κ3) is 6.06. The number of rotatable bonds is 12. The molecule has 0 aliphatic rings. The van der Waals surface area contributed by atoms with E-state index in [0.717, 1.165) is 25.9 Å². The van der Waals surface area contributed by atoms with E-state index in [1.165, 1.54) is 19.8 Å². The standard InChI is InChI=1S/C20H26N2O4/c1-24-18-12-17(15-23)13-19(25-2)20(18)26-11-10-21-8-9-22-14-16-6-4-3-5-7-16/h3-7,12-13,15,21-22H,8-11,14H2,1-2H3. The molecule has 0 aliphatic heterocycles. The Balaban J connectivity index is 1.68. The molecule has 0 fully saturated rings. The second kappa shape index (κ2) is 11.1. The summed E-state index contributed by atoms with van der Waals surface area (Å²) in [7, 11) is 3.07. The Morgan fingerprint density at radius 3 is 2.19 bits per heavy atom. The van der Waals surface area contributed by atoms with Crippen LogP contribution in [-0.4, -0.2) is 46.7 Å². The summed E-state index contributed by atoms with van der Waals surface area (Å²) < 4.78 is 16.4. The van der Waals surface area contributed by atoms with Gasteiger partial charge in [-0.2, -0.15) is 0 Å². The highest BCUT2D eigenvalue weighted by atomic mass is 16.5. The lowest BCUT2D eigenvalue weighted by atomic mass is 10.2. The lowest BCUT2D eigenvalue weighted by Crippen LogP contribution is -2.29. The summed E-state index contributed by atoms with van der Waals surface area (Å²) in [5.41, 5.74) is 1.75. The van der Waals surface area contributed by atoms with Crippen molar-refractivity contribution in [2.45, 2.75) is 6.54 Å². The number of ether oxygens (including phenoxy) is 3. The first-order valence-corrected chi connectivity index (χ1v) is 8.58. The number of nitrogens with one attached hydrogen (secondary N) is 2. The van der Waals surface area contributed by atoms with Gasteiger partial charge in [0.25, 0.3) is 0 Å². The van der Waals surface area contributed by atoms with Gasteiger partial charge >= 0.3 is 0 Å². The van der Waals surface area contributed by atoms with Gasteiger partial charge in [0.1, 0.15) is 12.9 Å². The zero-order chi connectivity index (χ0) is 18.6. The Morgan fingerprint density at radius 2 is 1.58 bits per heavy atom. The fourth-order valence-electron chi connectivity index (χ4n) is 2.47. The molecule has 0 aliphatic carbocycles. The first-order valence-electron chi connectivity index (χ1n) is 8.58. The van der Waals surface area contributed by atoms with Gasteiger partial charge in [-0.05, 0) is 17.7 Å². The fourth-order valence-corrected chi connectivity index (χ4v) is 2.47. The van der Waals surface area contributed by atoms with Crippen LogP contribution < -0.4 is 24.8 Å². The van der Waals surface area contributed by atoms with Crippen molar-refractivity contribution in [1.82, 2.24) is 10.6 Å². The summed E-state index contributed by atoms with van der Waals surface area (Å²) in [5, 5.41) is 6.70. The molecule has 140 valence electrons. The molecule has 0 heterocycles. The SMILES string of the molecule is COc1cc(C=O)cc(OC)c1OCCNCCNCc1ccccc1. The van der Waals surface area contributed by atoms with Crippen LogP contribution in [0.1, 0.15) is 15.9 Å². The molecule has 2 N–H and O–H groups in total. The van der Waals surface area contributed by atoms with E-state index in [9.17, 15) is 4.79 Å². The second-order valence-corrected chi connectivity index (χ2v) is 5.63. The van der Waals surface area contributed by atoms with Crippen LogP contribution in [0.5, 0.6) is 17.2 Å². The summed E-state index contributed by atoms with van der Waals surface area (Å²) in [6, 6.07) is 13.6. The average molecular weight is 358 g/mol. The molecule has 0 saturated heterocycles. The molecule has 0 aromatic heterocycles. The van der Waals surface area contributed by atoms with Crippen LogP contribution >= 0.6 is 0 Å². The Kier molecular flexibility index (Phi) is 8.45. The maximum absolute atomic E-state index is 11.0. The van der Waals surface area contributed by atoms with Gasteiger partial charge in [0.2, 0.25) is 5.75 Å². The largest absolute Gasteiger partial charge is 0.493 e. The van der Waals surface area contributed by atoms with Crippen molar-refractivity contribution in [3.8, 4) is 17.2 Å². The Bertz CT molecular complexity index is 652. The van der Waals surface area contributed by atoms with Crippen LogP contribution in [-0.2, 0) is 6.54 Å². The molecular weight excluding hydrogens is 332 g/mol. The summed E-state index contributed by atoms with van der Waals surface area (Å²) in [6.45, 7) is 3.72. The highest BCUT2D eigenvalue weighted by molar-refractivity contribution is 5.78. The van der Waals surface area contributed by atoms with Crippen molar-refractivity contribution in [2.75, 3.05) is 40.5 Å². The van der Waals surface area contributed by atoms with Gasteiger partial charge in [0.15, 0.2) is 11.5 Å². The summed E-state index contributed by atoms with van der Waals surface area (Å²) in [4.78, 5) is 11.0. The smallest absolute Gasteiger partial charge is 0.203 e. The van der Waals surface area contributed by atoms with Gasteiger partial charge in [-0.3, -0.25) is 4.79 Å². The molecule has 0 saturated carbocycles. The van der Waals surface area contributed by atoms with E-state index in [-0.39, 0.29) is 0 Å². The highest BCUT2D eigenvalue weighted by Crippen LogP contribution is 2.38. The first-order chi connectivity index (χ1) is 12.8. The molecule has 2 aromatic rings. The van der Waals surface area contributed by atoms with Crippen LogP contribution in [0.2, 0.25) is 0 Å². The van der Waals surface area contributed by atoms with E-state index in [4.69, 9.17) is 14.2 Å². The van der Waals surface area contributed by atoms with Gasteiger partial charge < -0.3 is 24.8 Å². The van der Waals surface area contributed by atoms with E-state index >= 15 is 0 Å². The minimum atomic E-state index is 0.464. The van der Waals surface area contributed by atoms with Crippen LogP contribution in [0.3, 0.4) is 0 Å². The number of hydrogen-bond donors (Lipinski definition) is 2. The number of benzene rings is 2. The molecule has 0 radical (unpaired) electrons. The topological polar surface area (TPSA) is 68.8 Å². The van der Waals surface area contributed by atoms with Crippen molar-refractivity contribution >= 4 is 6.29 Å². The predicted octanol–water partition coefficient (Wildman–Crippen LogP) is 2.27. The summed E-state index contributed by atoms with van der Waals surface area (Å²) >= 11 is 0. The van der Waals surface area contributed by atoms with Crippen molar-refractivity contribution in [3.05, 3.63) is 53.6 Å². The van der Waals surface area contributed by atoms with Gasteiger partial charge in [-0.15, -0.1) is 0 Å². The highest BCUT2D eigenvalue weighted by Gasteiger charge is 2.13. The zero-order valence-corrected chi connectivity index (χ0v) is 15.3. The van der Waals surface area contributed by atoms with E-state index in [1.54, 1.807) is 12.1 Å². The quantitative estimate of drug-likeness (QED) is 0.448. The lowest BCUT2D eigenvalue weighted by Gasteiger charge is -2.15. The molecule has 0 amide bonds. The van der Waals surface area contributed by atoms with Crippen molar-refractivity contribution in [1.29, 1.82) is 0 Å². The van der Waals surface area contributed by atoms with E-state index in [2.05, 4.69) is 22.8 Å². The van der Waals surface area contributed by atoms with Gasteiger partial charge in [0, 0.05) is 31.7 Å². The van der Waals surface area contributed by atoms with Crippen LogP contribution in [0.25, 0.3) is 0 Å². The number of aldehydes is 1. The summed E-state index contributed by atoms with van der Waals surface area (Å²) in [5.74, 6) is 1.47. The minimum Gasteiger partial charge on any atom is -0.493 e. The Hall–Kier alpha value is -2.57. The zero-order valence-electron chi connectivity index (χ0n) is 15.3. The van der Waals surface area contributed by atoms with Crippen LogP contribution in [0.4, 0.5) is 0 Å². The molecule has 2 rings (SSSR count). The van der Waals surface area contributed by atoms with Crippen molar-refractivity contribution in [2.24, 2.45) is 0 Å². The molecule has 26 heavy (non-hydrogen) atoms. The fraction of sp³-hybridized carbons (Fsp3) is 0.350. The first kappa shape index (κ1) is 19.8. The molecule has 0 unspecified atom stereocenters. The molecular formula is C20H26N2O4. The third-order valence-electron chi connectivity index (χ3n) is 3.79. The number of carbonyl (C=O) groups excluding carboxylic acids is 1. The van der Waals surface area contributed by atoms with Gasteiger partial charge in [0.05, 0.1) is 14.2 Å². The summed E-state index contributed by atoms with van der Waals surface area (Å²) in [6.07, 6.45) is 0.749. The second-order valence-electron chi connectivity index (χ2n) is 5.63. The van der Waals surface area contributed by atoms with Crippen molar-refractivity contribution in [3.63, 3.8) is 0 Å². The number of carbonyl (C=O) groups is 1. The maximum Gasteiger partial charge on any atom is 0.203 e. The Labute approximate surface area is 154 Å². The maximum atomic E-state index is 11.0. The minimum absolute atomic E-state index is 0.464. The lowest BCUT2D eigenvalue weighted by molar-refractivity contribution is 0.112. The molecule has 2 aromatic carbocycles. The molecule has 6 heteroatoms. The van der Waals surface area contributed by atoms with Crippen LogP contribution in [0.15, 0.2) is 42.5 Å². The predicted molar refractivity (Wildman–Crippen MR) is 101 cm³/mol. The number of hydrogen-bond acceptors (Lipinski definition) is 6. The third-order valence-corrected chi connectivity index (χ3v) is 3.79. The van der Waals surface area contributed by atoms with E-state index in [1.807, 2.05) is 18.2 Å². The average Bonchev–Trinajstić information content (AvgIpc) is 2.70. The van der Waals surface area contributed by atoms with Crippen molar-refractivity contribution < 1.29 is 19.0 Å². The number of methoxy groups -OCH3 is 2. The van der Waals surface area contributed by atoms with Crippen LogP contribution in [0, 0.1) is 0 Å². The molecule has 6 nitrogen and oxygen atoms in total. The Morgan fingerprint density at radius 1 is 0.923 bits per heavy atom. The molecule has 0 bridgehead atoms. The monoisotopic (exact) mass is 358 g/mol. The normalized spacial score (nSPS) is 10.4. The molecule has 0 spiro atoms. The van der Waals surface area contributed by atoms with Gasteiger partial charge in [-0.25, -0.2) is 0 Å². The van der Waals surface area contributed by atoms with E-state index in [0.29, 0.717) is 36.0 Å².